The van der Waals surface area contributed by atoms with Gasteiger partial charge in [0, 0.05) is 0 Å². The first-order chi connectivity index (χ1) is 11.3. The number of nitrogens with one attached hydrogen (secondary N) is 1. The largest absolute Gasteiger partial charge is 0.471 e. The van der Waals surface area contributed by atoms with E-state index < -0.39 is 26.4 Å². The smallest absolute Gasteiger partial charge is 0.412 e. The Kier molecular flexibility index (Phi) is 9.72. The second-order valence-electron chi connectivity index (χ2n) is 8.28. The molecule has 0 aliphatic heterocycles. The van der Waals surface area contributed by atoms with Crippen LogP contribution in [0.4, 0.5) is 13.2 Å². The molecule has 0 fully saturated rings. The summed E-state index contributed by atoms with van der Waals surface area (Å²) >= 11 is 0. The molecule has 0 saturated carbocycles. The Labute approximate surface area is 152 Å². The van der Waals surface area contributed by atoms with Gasteiger partial charge in [0.05, 0.1) is 12.1 Å². The molecule has 0 heterocycles. The molecular weight excluding hydrogens is 347 g/mol. The first-order valence-corrected chi connectivity index (χ1v) is 12.2. The highest BCUT2D eigenvalue weighted by molar-refractivity contribution is 6.74. The summed E-state index contributed by atoms with van der Waals surface area (Å²) in [5, 5.41) is 2.17. The fourth-order valence-corrected chi connectivity index (χ4v) is 3.72. The van der Waals surface area contributed by atoms with Crippen LogP contribution in [0.15, 0.2) is 0 Å². The fourth-order valence-electron chi connectivity index (χ4n) is 2.33. The predicted octanol–water partition coefficient (Wildman–Crippen LogP) is 5.80. The zero-order valence-corrected chi connectivity index (χ0v) is 17.8. The Morgan fingerprint density at radius 3 is 1.92 bits per heavy atom. The zero-order chi connectivity index (χ0) is 19.9. The summed E-state index contributed by atoms with van der Waals surface area (Å²) in [5.74, 6) is -1.87. The highest BCUT2D eigenvalue weighted by Gasteiger charge is 2.43. The van der Waals surface area contributed by atoms with E-state index in [4.69, 9.17) is 4.43 Å². The molecule has 0 aromatic heterocycles. The van der Waals surface area contributed by atoms with Crippen molar-refractivity contribution in [2.45, 2.75) is 110 Å². The van der Waals surface area contributed by atoms with Gasteiger partial charge in [0.15, 0.2) is 8.32 Å². The van der Waals surface area contributed by atoms with Gasteiger partial charge in [-0.3, -0.25) is 4.79 Å². The van der Waals surface area contributed by atoms with Crippen LogP contribution in [-0.2, 0) is 9.22 Å². The summed E-state index contributed by atoms with van der Waals surface area (Å²) in [4.78, 5) is 11.5. The van der Waals surface area contributed by atoms with Gasteiger partial charge in [0.25, 0.3) is 0 Å². The quantitative estimate of drug-likeness (QED) is 0.484. The summed E-state index contributed by atoms with van der Waals surface area (Å²) in [6.45, 7) is 14.5. The van der Waals surface area contributed by atoms with Crippen LogP contribution in [0.5, 0.6) is 0 Å². The third-order valence-corrected chi connectivity index (χ3v) is 9.49. The first-order valence-electron chi connectivity index (χ1n) is 9.31. The molecule has 0 rings (SSSR count). The molecule has 1 amide bonds. The van der Waals surface area contributed by atoms with Crippen LogP contribution in [0.25, 0.3) is 0 Å². The number of hydrogen-bond acceptors (Lipinski definition) is 2. The van der Waals surface area contributed by atoms with Gasteiger partial charge in [-0.2, -0.15) is 13.2 Å². The highest BCUT2D eigenvalue weighted by Crippen LogP contribution is 2.38. The molecule has 2 atom stereocenters. The molecule has 0 aliphatic rings. The van der Waals surface area contributed by atoms with E-state index in [1.54, 1.807) is 0 Å². The molecule has 0 aromatic rings. The summed E-state index contributed by atoms with van der Waals surface area (Å²) in [7, 11) is -2.15. The predicted molar refractivity (Wildman–Crippen MR) is 99.1 cm³/mol. The van der Waals surface area contributed by atoms with Gasteiger partial charge in [0.2, 0.25) is 0 Å². The van der Waals surface area contributed by atoms with Crippen molar-refractivity contribution < 1.29 is 22.4 Å². The molecule has 3 nitrogen and oxygen atoms in total. The molecule has 0 radical (unpaired) electrons. The molecule has 0 aromatic carbocycles. The van der Waals surface area contributed by atoms with Gasteiger partial charge >= 0.3 is 12.1 Å². The number of halogens is 3. The van der Waals surface area contributed by atoms with E-state index in [1.807, 2.05) is 13.8 Å². The second-order valence-corrected chi connectivity index (χ2v) is 13.0. The molecule has 1 N–H and O–H groups in total. The Morgan fingerprint density at radius 1 is 1.04 bits per heavy atom. The van der Waals surface area contributed by atoms with Crippen molar-refractivity contribution in [3.8, 4) is 0 Å². The van der Waals surface area contributed by atoms with Crippen molar-refractivity contribution in [3.63, 3.8) is 0 Å². The van der Waals surface area contributed by atoms with Crippen molar-refractivity contribution >= 4 is 14.2 Å². The number of amides is 1. The van der Waals surface area contributed by atoms with Crippen molar-refractivity contribution in [3.05, 3.63) is 0 Å². The lowest BCUT2D eigenvalue weighted by Crippen LogP contribution is -2.53. The Bertz CT molecular complexity index is 406. The van der Waals surface area contributed by atoms with E-state index >= 15 is 0 Å². The number of alkyl halides is 3. The van der Waals surface area contributed by atoms with Gasteiger partial charge in [-0.15, -0.1) is 0 Å². The van der Waals surface area contributed by atoms with Crippen LogP contribution >= 0.6 is 0 Å². The molecule has 0 bridgehead atoms. The minimum absolute atomic E-state index is 0.0409. The Balaban J connectivity index is 5.42. The zero-order valence-electron chi connectivity index (χ0n) is 16.8. The molecule has 150 valence electrons. The number of unbranched alkanes of at least 4 members (excludes halogenated alkanes) is 2. The van der Waals surface area contributed by atoms with Crippen LogP contribution in [0.1, 0.15) is 73.1 Å². The van der Waals surface area contributed by atoms with Crippen LogP contribution in [0.3, 0.4) is 0 Å². The maximum Gasteiger partial charge on any atom is 0.471 e. The van der Waals surface area contributed by atoms with Gasteiger partial charge < -0.3 is 9.74 Å². The van der Waals surface area contributed by atoms with Crippen LogP contribution < -0.4 is 5.32 Å². The van der Waals surface area contributed by atoms with Crippen LogP contribution in [-0.4, -0.2) is 32.5 Å². The molecule has 0 unspecified atom stereocenters. The maximum absolute atomic E-state index is 12.7. The monoisotopic (exact) mass is 383 g/mol. The normalized spacial score (nSPS) is 15.8. The van der Waals surface area contributed by atoms with Gasteiger partial charge in [-0.1, -0.05) is 60.3 Å². The summed E-state index contributed by atoms with van der Waals surface area (Å²) in [6.07, 6.45) is -0.660. The number of rotatable bonds is 10. The molecule has 0 aliphatic carbocycles. The summed E-state index contributed by atoms with van der Waals surface area (Å²) < 4.78 is 44.6. The average Bonchev–Trinajstić information content (AvgIpc) is 2.45. The summed E-state index contributed by atoms with van der Waals surface area (Å²) in [5.41, 5.74) is 0. The summed E-state index contributed by atoms with van der Waals surface area (Å²) in [6, 6.07) is -0.602. The second kappa shape index (κ2) is 9.95. The number of carbonyl (C=O) groups excluding carboxylic acids is 1. The lowest BCUT2D eigenvalue weighted by molar-refractivity contribution is -0.175. The standard InChI is InChI=1S/C18H36F3NO2Si/c1-8-10-12-14(22-16(23)18(19,20)21)15(13-11-9-2)24-25(6,7)17(3,4)5/h14-15H,8-13H2,1-7H3,(H,22,23)/t14-,15+/m1/s1. The average molecular weight is 384 g/mol. The van der Waals surface area contributed by atoms with Gasteiger partial charge in [-0.25, -0.2) is 0 Å². The van der Waals surface area contributed by atoms with Crippen LogP contribution in [0.2, 0.25) is 18.1 Å². The Hall–Kier alpha value is -0.563. The minimum atomic E-state index is -4.86. The van der Waals surface area contributed by atoms with E-state index in [0.717, 1.165) is 25.7 Å². The van der Waals surface area contributed by atoms with E-state index in [0.29, 0.717) is 12.8 Å². The molecular formula is C18H36F3NO2Si. The molecule has 0 spiro atoms. The Morgan fingerprint density at radius 2 is 1.52 bits per heavy atom. The molecule has 7 heteroatoms. The maximum atomic E-state index is 12.7. The van der Waals surface area contributed by atoms with Crippen molar-refractivity contribution in [2.24, 2.45) is 0 Å². The lowest BCUT2D eigenvalue weighted by atomic mass is 9.99. The highest BCUT2D eigenvalue weighted by atomic mass is 28.4. The van der Waals surface area contributed by atoms with Gasteiger partial charge in [0.1, 0.15) is 0 Å². The topological polar surface area (TPSA) is 38.3 Å². The SMILES string of the molecule is CCCC[C@H](O[Si](C)(C)C(C)(C)C)[C@@H](CCCC)NC(=O)C(F)(F)F. The van der Waals surface area contributed by atoms with Crippen molar-refractivity contribution in [1.29, 1.82) is 0 Å². The minimum Gasteiger partial charge on any atom is -0.412 e. The molecule has 0 saturated heterocycles. The number of hydrogen-bond donors (Lipinski definition) is 1. The first kappa shape index (κ1) is 24.4. The van der Waals surface area contributed by atoms with Crippen molar-refractivity contribution in [2.75, 3.05) is 0 Å². The third-order valence-electron chi connectivity index (χ3n) is 4.99. The van der Waals surface area contributed by atoms with E-state index in [-0.39, 0.29) is 11.1 Å². The lowest BCUT2D eigenvalue weighted by Gasteiger charge is -2.42. The van der Waals surface area contributed by atoms with E-state index in [1.165, 1.54) is 0 Å². The van der Waals surface area contributed by atoms with Crippen LogP contribution in [0, 0.1) is 0 Å². The van der Waals surface area contributed by atoms with E-state index in [9.17, 15) is 18.0 Å². The third kappa shape index (κ3) is 8.58. The fraction of sp³-hybridized carbons (Fsp3) is 0.944. The number of carbonyl (C=O) groups is 1. The van der Waals surface area contributed by atoms with Gasteiger partial charge in [-0.05, 0) is 31.0 Å². The van der Waals surface area contributed by atoms with E-state index in [2.05, 4.69) is 39.2 Å². The van der Waals surface area contributed by atoms with Crippen molar-refractivity contribution in [1.82, 2.24) is 5.32 Å². The molecule has 25 heavy (non-hydrogen) atoms.